The summed E-state index contributed by atoms with van der Waals surface area (Å²) >= 11 is 5.77. The third-order valence-corrected chi connectivity index (χ3v) is 3.84. The standard InChI is InChI=1S/C17H14ClFN4O2/c1-23-16(24)8-14(22-23)17(25)21-15-5-3-11(9-20-15)6-10-2-4-13(19)12(18)7-10/h2-5,7-9,24H,6H2,1H3,(H,20,21,25). The van der Waals surface area contributed by atoms with Crippen LogP contribution in [0.5, 0.6) is 5.88 Å². The lowest BCUT2D eigenvalue weighted by Crippen LogP contribution is -2.14. The van der Waals surface area contributed by atoms with Gasteiger partial charge in [-0.3, -0.25) is 4.79 Å². The van der Waals surface area contributed by atoms with E-state index in [1.165, 1.54) is 23.9 Å². The molecule has 3 rings (SSSR count). The first-order valence-electron chi connectivity index (χ1n) is 7.35. The summed E-state index contributed by atoms with van der Waals surface area (Å²) in [6, 6.07) is 9.27. The highest BCUT2D eigenvalue weighted by Gasteiger charge is 2.13. The minimum absolute atomic E-state index is 0.0768. The summed E-state index contributed by atoms with van der Waals surface area (Å²) in [5, 5.41) is 16.0. The summed E-state index contributed by atoms with van der Waals surface area (Å²) in [5.41, 5.74) is 1.83. The summed E-state index contributed by atoms with van der Waals surface area (Å²) < 4.78 is 14.4. The van der Waals surface area contributed by atoms with E-state index in [0.717, 1.165) is 11.1 Å². The lowest BCUT2D eigenvalue weighted by molar-refractivity contribution is 0.102. The maximum atomic E-state index is 13.2. The number of amides is 1. The van der Waals surface area contributed by atoms with Gasteiger partial charge in [-0.05, 0) is 35.7 Å². The van der Waals surface area contributed by atoms with Crippen molar-refractivity contribution >= 4 is 23.3 Å². The van der Waals surface area contributed by atoms with E-state index in [-0.39, 0.29) is 16.6 Å². The molecule has 0 unspecified atom stereocenters. The van der Waals surface area contributed by atoms with E-state index in [9.17, 15) is 14.3 Å². The van der Waals surface area contributed by atoms with Gasteiger partial charge < -0.3 is 10.4 Å². The van der Waals surface area contributed by atoms with Crippen LogP contribution in [0.25, 0.3) is 0 Å². The second-order valence-corrected chi connectivity index (χ2v) is 5.85. The molecule has 0 aliphatic rings. The first-order chi connectivity index (χ1) is 11.9. The summed E-state index contributed by atoms with van der Waals surface area (Å²) in [5.74, 6) is -0.675. The Hall–Kier alpha value is -2.93. The van der Waals surface area contributed by atoms with Gasteiger partial charge in [-0.15, -0.1) is 0 Å². The van der Waals surface area contributed by atoms with Crippen molar-refractivity contribution in [3.63, 3.8) is 0 Å². The van der Waals surface area contributed by atoms with E-state index in [0.29, 0.717) is 12.2 Å². The number of benzene rings is 1. The number of rotatable bonds is 4. The van der Waals surface area contributed by atoms with Crippen LogP contribution in [0.2, 0.25) is 5.02 Å². The number of aromatic nitrogens is 3. The Kier molecular flexibility index (Phi) is 4.67. The van der Waals surface area contributed by atoms with Gasteiger partial charge >= 0.3 is 0 Å². The van der Waals surface area contributed by atoms with Crippen LogP contribution in [-0.2, 0) is 13.5 Å². The molecule has 0 bridgehead atoms. The molecule has 0 atom stereocenters. The Balaban J connectivity index is 1.67. The van der Waals surface area contributed by atoms with Gasteiger partial charge in [0.25, 0.3) is 5.91 Å². The van der Waals surface area contributed by atoms with Crippen LogP contribution in [0.4, 0.5) is 10.2 Å². The second-order valence-electron chi connectivity index (χ2n) is 5.44. The van der Waals surface area contributed by atoms with Gasteiger partial charge in [0.1, 0.15) is 11.6 Å². The molecular formula is C17H14ClFN4O2. The van der Waals surface area contributed by atoms with Crippen molar-refractivity contribution in [3.8, 4) is 5.88 Å². The molecule has 3 aromatic rings. The normalized spacial score (nSPS) is 10.7. The number of pyridine rings is 1. The van der Waals surface area contributed by atoms with Gasteiger partial charge in [0.05, 0.1) is 5.02 Å². The molecule has 0 spiro atoms. The third-order valence-electron chi connectivity index (χ3n) is 3.55. The smallest absolute Gasteiger partial charge is 0.277 e. The van der Waals surface area contributed by atoms with E-state index in [1.54, 1.807) is 30.5 Å². The maximum absolute atomic E-state index is 13.2. The number of nitrogens with one attached hydrogen (secondary N) is 1. The number of hydrogen-bond donors (Lipinski definition) is 2. The van der Waals surface area contributed by atoms with E-state index in [2.05, 4.69) is 15.4 Å². The molecule has 1 aromatic carbocycles. The van der Waals surface area contributed by atoms with E-state index in [4.69, 9.17) is 11.6 Å². The average Bonchev–Trinajstić information content (AvgIpc) is 2.92. The van der Waals surface area contributed by atoms with Gasteiger partial charge in [-0.2, -0.15) is 5.10 Å². The first-order valence-corrected chi connectivity index (χ1v) is 7.73. The monoisotopic (exact) mass is 360 g/mol. The number of hydrogen-bond acceptors (Lipinski definition) is 4. The fourth-order valence-electron chi connectivity index (χ4n) is 2.24. The van der Waals surface area contributed by atoms with Gasteiger partial charge in [0.15, 0.2) is 5.69 Å². The Morgan fingerprint density at radius 3 is 2.64 bits per heavy atom. The van der Waals surface area contributed by atoms with Crippen molar-refractivity contribution in [2.45, 2.75) is 6.42 Å². The third kappa shape index (κ3) is 3.95. The van der Waals surface area contributed by atoms with Crippen LogP contribution < -0.4 is 5.32 Å². The molecule has 0 saturated heterocycles. The number of anilines is 1. The van der Waals surface area contributed by atoms with Crippen molar-refractivity contribution in [1.82, 2.24) is 14.8 Å². The zero-order chi connectivity index (χ0) is 18.0. The number of carbonyl (C=O) groups is 1. The Morgan fingerprint density at radius 1 is 1.28 bits per heavy atom. The topological polar surface area (TPSA) is 80.0 Å². The van der Waals surface area contributed by atoms with Gasteiger partial charge in [0.2, 0.25) is 5.88 Å². The van der Waals surface area contributed by atoms with Crippen LogP contribution in [0, 0.1) is 5.82 Å². The largest absolute Gasteiger partial charge is 0.493 e. The molecule has 2 aromatic heterocycles. The molecule has 0 fully saturated rings. The number of halogens is 2. The predicted molar refractivity (Wildman–Crippen MR) is 91.3 cm³/mol. The quantitative estimate of drug-likeness (QED) is 0.749. The first kappa shape index (κ1) is 16.9. The van der Waals surface area contributed by atoms with Crippen molar-refractivity contribution in [1.29, 1.82) is 0 Å². The van der Waals surface area contributed by atoms with Crippen molar-refractivity contribution in [3.05, 3.63) is 70.3 Å². The second kappa shape index (κ2) is 6.90. The molecule has 25 heavy (non-hydrogen) atoms. The zero-order valence-corrected chi connectivity index (χ0v) is 14.0. The molecule has 8 heteroatoms. The van der Waals surface area contributed by atoms with Crippen molar-refractivity contribution in [2.75, 3.05) is 5.32 Å². The molecule has 2 heterocycles. The summed E-state index contributed by atoms with van der Waals surface area (Å²) in [7, 11) is 1.53. The summed E-state index contributed by atoms with van der Waals surface area (Å²) in [4.78, 5) is 16.2. The van der Waals surface area contributed by atoms with Crippen LogP contribution in [0.3, 0.4) is 0 Å². The van der Waals surface area contributed by atoms with E-state index >= 15 is 0 Å². The number of aryl methyl sites for hydroxylation is 1. The zero-order valence-electron chi connectivity index (χ0n) is 13.2. The van der Waals surface area contributed by atoms with Crippen LogP contribution in [0.1, 0.15) is 21.6 Å². The molecule has 0 aliphatic heterocycles. The maximum Gasteiger partial charge on any atom is 0.277 e. The predicted octanol–water partition coefficient (Wildman–Crippen LogP) is 3.16. The number of carbonyl (C=O) groups excluding carboxylic acids is 1. The molecule has 0 saturated carbocycles. The van der Waals surface area contributed by atoms with Crippen LogP contribution >= 0.6 is 11.6 Å². The highest BCUT2D eigenvalue weighted by Crippen LogP contribution is 2.19. The minimum Gasteiger partial charge on any atom is -0.493 e. The lowest BCUT2D eigenvalue weighted by Gasteiger charge is -2.05. The van der Waals surface area contributed by atoms with Crippen LogP contribution in [0.15, 0.2) is 42.6 Å². The molecule has 6 nitrogen and oxygen atoms in total. The Bertz CT molecular complexity index is 905. The summed E-state index contributed by atoms with van der Waals surface area (Å²) in [6.07, 6.45) is 2.15. The summed E-state index contributed by atoms with van der Waals surface area (Å²) in [6.45, 7) is 0. The molecule has 0 radical (unpaired) electrons. The fraction of sp³-hybridized carbons (Fsp3) is 0.118. The molecular weight excluding hydrogens is 347 g/mol. The molecule has 1 amide bonds. The van der Waals surface area contributed by atoms with Gasteiger partial charge in [-0.1, -0.05) is 23.7 Å². The average molecular weight is 361 g/mol. The molecule has 128 valence electrons. The molecule has 0 aliphatic carbocycles. The Morgan fingerprint density at radius 2 is 2.04 bits per heavy atom. The highest BCUT2D eigenvalue weighted by molar-refractivity contribution is 6.30. The molecule has 2 N–H and O–H groups in total. The van der Waals surface area contributed by atoms with Crippen molar-refractivity contribution in [2.24, 2.45) is 7.05 Å². The minimum atomic E-state index is -0.471. The number of aromatic hydroxyl groups is 1. The SMILES string of the molecule is Cn1nc(C(=O)Nc2ccc(Cc3ccc(F)c(Cl)c3)cn2)cc1O. The van der Waals surface area contributed by atoms with Gasteiger partial charge in [-0.25, -0.2) is 14.1 Å². The van der Waals surface area contributed by atoms with Crippen LogP contribution in [-0.4, -0.2) is 25.8 Å². The van der Waals surface area contributed by atoms with Gasteiger partial charge in [0, 0.05) is 19.3 Å². The highest BCUT2D eigenvalue weighted by atomic mass is 35.5. The Labute approximate surface area is 147 Å². The van der Waals surface area contributed by atoms with E-state index in [1.807, 2.05) is 0 Å². The lowest BCUT2D eigenvalue weighted by atomic mass is 10.1. The number of nitrogens with zero attached hydrogens (tertiary/aromatic N) is 3. The van der Waals surface area contributed by atoms with Crippen molar-refractivity contribution < 1.29 is 14.3 Å². The fourth-order valence-corrected chi connectivity index (χ4v) is 2.44. The van der Waals surface area contributed by atoms with E-state index < -0.39 is 11.7 Å².